The van der Waals surface area contributed by atoms with Gasteiger partial charge in [0.25, 0.3) is 21.7 Å². The van der Waals surface area contributed by atoms with Crippen molar-refractivity contribution < 1.29 is 13.2 Å². The van der Waals surface area contributed by atoms with E-state index in [1.54, 1.807) is 11.9 Å². The number of amides is 1. The highest BCUT2D eigenvalue weighted by atomic mass is 32.2. The Morgan fingerprint density at radius 1 is 1.07 bits per heavy atom. The van der Waals surface area contributed by atoms with Crippen LogP contribution in [0.1, 0.15) is 24.2 Å². The Balaban J connectivity index is 1.83. The van der Waals surface area contributed by atoms with Crippen LogP contribution in [0.2, 0.25) is 0 Å². The van der Waals surface area contributed by atoms with E-state index in [9.17, 15) is 18.0 Å². The Labute approximate surface area is 165 Å². The van der Waals surface area contributed by atoms with Gasteiger partial charge in [-0.2, -0.15) is 17.0 Å². The van der Waals surface area contributed by atoms with Crippen molar-refractivity contribution in [1.82, 2.24) is 18.1 Å². The van der Waals surface area contributed by atoms with Crippen LogP contribution in [-0.4, -0.2) is 71.7 Å². The average molecular weight is 407 g/mol. The van der Waals surface area contributed by atoms with Gasteiger partial charge in [-0.25, -0.2) is 0 Å². The zero-order chi connectivity index (χ0) is 20.5. The Morgan fingerprint density at radius 2 is 1.68 bits per heavy atom. The monoisotopic (exact) mass is 406 g/mol. The van der Waals surface area contributed by atoms with E-state index in [0.29, 0.717) is 42.6 Å². The van der Waals surface area contributed by atoms with E-state index in [0.717, 1.165) is 0 Å². The molecule has 2 heterocycles. The second-order valence-corrected chi connectivity index (χ2v) is 8.68. The Bertz CT molecular complexity index is 1040. The molecule has 1 saturated heterocycles. The number of hydrogen-bond acceptors (Lipinski definition) is 4. The average Bonchev–Trinajstić information content (AvgIpc) is 2.71. The molecule has 0 atom stereocenters. The predicted octanol–water partition coefficient (Wildman–Crippen LogP) is 0.883. The Kier molecular flexibility index (Phi) is 5.87. The molecule has 0 unspecified atom stereocenters. The summed E-state index contributed by atoms with van der Waals surface area (Å²) in [5.74, 6) is -0.242. The summed E-state index contributed by atoms with van der Waals surface area (Å²) in [6.45, 7) is 5.52. The summed E-state index contributed by atoms with van der Waals surface area (Å²) in [6, 6.07) is 8.65. The number of aryl methyl sites for hydroxylation is 1. The zero-order valence-electron chi connectivity index (χ0n) is 16.5. The highest BCUT2D eigenvalue weighted by Crippen LogP contribution is 2.20. The number of nitrogens with zero attached hydrogens (tertiary/aromatic N) is 4. The van der Waals surface area contributed by atoms with Crippen molar-refractivity contribution >= 4 is 27.0 Å². The van der Waals surface area contributed by atoms with Crippen LogP contribution in [0.5, 0.6) is 0 Å². The SMILES string of the molecule is CCN(CC)S(=O)(=O)N1CCN(C(=O)c2cc(=O)n(C)c3ccccc23)CC1. The van der Waals surface area contributed by atoms with Gasteiger partial charge in [0.2, 0.25) is 0 Å². The highest BCUT2D eigenvalue weighted by Gasteiger charge is 2.32. The molecule has 1 aliphatic rings. The minimum Gasteiger partial charge on any atom is -0.336 e. The number of para-hydroxylation sites is 1. The topological polar surface area (TPSA) is 82.9 Å². The fourth-order valence-electron chi connectivity index (χ4n) is 3.59. The predicted molar refractivity (Wildman–Crippen MR) is 109 cm³/mol. The van der Waals surface area contributed by atoms with Crippen molar-refractivity contribution in [3.05, 3.63) is 46.2 Å². The molecular formula is C19H26N4O4S. The van der Waals surface area contributed by atoms with Gasteiger partial charge >= 0.3 is 0 Å². The number of rotatable bonds is 5. The number of carbonyl (C=O) groups is 1. The van der Waals surface area contributed by atoms with Crippen LogP contribution < -0.4 is 5.56 Å². The molecule has 2 aromatic rings. The first-order chi connectivity index (χ1) is 13.3. The molecule has 1 aromatic carbocycles. The molecule has 0 spiro atoms. The van der Waals surface area contributed by atoms with Gasteiger partial charge < -0.3 is 9.47 Å². The quantitative estimate of drug-likeness (QED) is 0.738. The maximum atomic E-state index is 13.1. The maximum Gasteiger partial charge on any atom is 0.282 e. The lowest BCUT2D eigenvalue weighted by Gasteiger charge is -2.36. The second kappa shape index (κ2) is 8.02. The van der Waals surface area contributed by atoms with Gasteiger partial charge in [0, 0.05) is 57.8 Å². The molecule has 28 heavy (non-hydrogen) atoms. The van der Waals surface area contributed by atoms with E-state index < -0.39 is 10.2 Å². The van der Waals surface area contributed by atoms with E-state index >= 15 is 0 Å². The first-order valence-electron chi connectivity index (χ1n) is 9.44. The maximum absolute atomic E-state index is 13.1. The summed E-state index contributed by atoms with van der Waals surface area (Å²) in [5.41, 5.74) is 0.810. The molecule has 8 nitrogen and oxygen atoms in total. The molecule has 0 saturated carbocycles. The minimum atomic E-state index is -3.51. The summed E-state index contributed by atoms with van der Waals surface area (Å²) in [6.07, 6.45) is 0. The largest absolute Gasteiger partial charge is 0.336 e. The standard InChI is InChI=1S/C19H26N4O4S/c1-4-22(5-2)28(26,27)23-12-10-21(11-13-23)19(25)16-14-18(24)20(3)17-9-7-6-8-15(16)17/h6-9,14H,4-5,10-13H2,1-3H3. The van der Waals surface area contributed by atoms with E-state index in [2.05, 4.69) is 0 Å². The fraction of sp³-hybridized carbons (Fsp3) is 0.474. The van der Waals surface area contributed by atoms with Crippen LogP contribution in [0.3, 0.4) is 0 Å². The molecule has 152 valence electrons. The lowest BCUT2D eigenvalue weighted by Crippen LogP contribution is -2.54. The Morgan fingerprint density at radius 3 is 2.29 bits per heavy atom. The number of aromatic nitrogens is 1. The van der Waals surface area contributed by atoms with Gasteiger partial charge in [-0.3, -0.25) is 9.59 Å². The molecule has 1 aromatic heterocycles. The Hall–Kier alpha value is -2.23. The van der Waals surface area contributed by atoms with Gasteiger partial charge in [-0.05, 0) is 6.07 Å². The molecule has 1 aliphatic heterocycles. The molecule has 0 radical (unpaired) electrons. The third-order valence-electron chi connectivity index (χ3n) is 5.27. The van der Waals surface area contributed by atoms with Crippen molar-refractivity contribution in [2.24, 2.45) is 7.05 Å². The number of benzene rings is 1. The number of carbonyl (C=O) groups excluding carboxylic acids is 1. The number of pyridine rings is 1. The van der Waals surface area contributed by atoms with Crippen molar-refractivity contribution in [3.63, 3.8) is 0 Å². The van der Waals surface area contributed by atoms with Crippen LogP contribution in [0.25, 0.3) is 10.9 Å². The van der Waals surface area contributed by atoms with Gasteiger partial charge in [-0.1, -0.05) is 32.0 Å². The summed E-state index contributed by atoms with van der Waals surface area (Å²) < 4.78 is 29.7. The van der Waals surface area contributed by atoms with Gasteiger partial charge in [0.1, 0.15) is 0 Å². The minimum absolute atomic E-state index is 0.242. The third kappa shape index (κ3) is 3.57. The summed E-state index contributed by atoms with van der Waals surface area (Å²) in [5, 5.41) is 0.716. The van der Waals surface area contributed by atoms with E-state index in [4.69, 9.17) is 0 Å². The number of fused-ring (bicyclic) bond motifs is 1. The molecule has 0 bridgehead atoms. The second-order valence-electron chi connectivity index (χ2n) is 6.76. The molecule has 1 amide bonds. The van der Waals surface area contributed by atoms with E-state index in [1.807, 2.05) is 38.1 Å². The molecule has 9 heteroatoms. The molecule has 0 aliphatic carbocycles. The van der Waals surface area contributed by atoms with Crippen LogP contribution in [0, 0.1) is 0 Å². The zero-order valence-corrected chi connectivity index (χ0v) is 17.3. The molecule has 3 rings (SSSR count). The van der Waals surface area contributed by atoms with Crippen molar-refractivity contribution in [2.75, 3.05) is 39.3 Å². The summed E-state index contributed by atoms with van der Waals surface area (Å²) in [4.78, 5) is 27.0. The third-order valence-corrected chi connectivity index (χ3v) is 7.45. The summed E-state index contributed by atoms with van der Waals surface area (Å²) in [7, 11) is -1.83. The lowest BCUT2D eigenvalue weighted by molar-refractivity contribution is 0.0696. The molecule has 0 N–H and O–H groups in total. The van der Waals surface area contributed by atoms with Gasteiger partial charge in [0.15, 0.2) is 0 Å². The lowest BCUT2D eigenvalue weighted by atomic mass is 10.1. The van der Waals surface area contributed by atoms with Crippen molar-refractivity contribution in [2.45, 2.75) is 13.8 Å². The normalized spacial score (nSPS) is 16.1. The van der Waals surface area contributed by atoms with Crippen molar-refractivity contribution in [1.29, 1.82) is 0 Å². The van der Waals surface area contributed by atoms with E-state index in [-0.39, 0.29) is 24.6 Å². The molecule has 1 fully saturated rings. The smallest absolute Gasteiger partial charge is 0.282 e. The first kappa shape index (κ1) is 20.5. The number of piperazine rings is 1. The van der Waals surface area contributed by atoms with Gasteiger partial charge in [-0.15, -0.1) is 0 Å². The summed E-state index contributed by atoms with van der Waals surface area (Å²) >= 11 is 0. The fourth-order valence-corrected chi connectivity index (χ4v) is 5.20. The van der Waals surface area contributed by atoms with Crippen molar-refractivity contribution in [3.8, 4) is 0 Å². The van der Waals surface area contributed by atoms with Crippen LogP contribution in [0.15, 0.2) is 35.1 Å². The van der Waals surface area contributed by atoms with E-state index in [1.165, 1.54) is 19.2 Å². The first-order valence-corrected chi connectivity index (χ1v) is 10.8. The van der Waals surface area contributed by atoms with Crippen LogP contribution in [0.4, 0.5) is 0 Å². The number of hydrogen-bond donors (Lipinski definition) is 0. The highest BCUT2D eigenvalue weighted by molar-refractivity contribution is 7.86. The molecular weight excluding hydrogens is 380 g/mol. The van der Waals surface area contributed by atoms with Gasteiger partial charge in [0.05, 0.1) is 11.1 Å². The van der Waals surface area contributed by atoms with Crippen LogP contribution in [-0.2, 0) is 17.3 Å². The van der Waals surface area contributed by atoms with Crippen LogP contribution >= 0.6 is 0 Å².